The Bertz CT molecular complexity index is 1250. The molecule has 0 radical (unpaired) electrons. The number of hydrogen-bond acceptors (Lipinski definition) is 3. The second kappa shape index (κ2) is 24.9. The highest BCUT2D eigenvalue weighted by molar-refractivity contribution is 7.95. The second-order valence-electron chi connectivity index (χ2n) is 15.0. The van der Waals surface area contributed by atoms with Gasteiger partial charge in [-0.1, -0.05) is 100 Å². The third kappa shape index (κ3) is 21.7. The predicted octanol–water partition coefficient (Wildman–Crippen LogP) is 13.6. The van der Waals surface area contributed by atoms with Gasteiger partial charge in [0.2, 0.25) is 0 Å². The lowest BCUT2D eigenvalue weighted by atomic mass is 9.89. The van der Waals surface area contributed by atoms with Crippen molar-refractivity contribution in [3.05, 3.63) is 92.0 Å². The standard InChI is InChI=1S/C44H74O3S/c1-13-14-34-48(46,47)43(42(12)29-17-22-37(6)7)44(45,32-30-40(10)27-18-25-38(8)23-15-20-35(2)3)33-31-41(11)28-19-26-39(9)24-16-21-36(4)5/h20-22,25-26,30-31,45H,13-19,23-24,27-29,32-34H2,1-12H3. The summed E-state index contributed by atoms with van der Waals surface area (Å²) < 4.78 is 28.0. The van der Waals surface area contributed by atoms with Crippen molar-refractivity contribution in [2.75, 3.05) is 5.75 Å². The van der Waals surface area contributed by atoms with Crippen LogP contribution in [-0.4, -0.2) is 24.9 Å². The van der Waals surface area contributed by atoms with Gasteiger partial charge in [-0.2, -0.15) is 0 Å². The molecule has 0 saturated heterocycles. The molecule has 4 heteroatoms. The number of unbranched alkanes of at least 4 members (excludes halogenated alkanes) is 1. The van der Waals surface area contributed by atoms with E-state index in [2.05, 4.69) is 112 Å². The van der Waals surface area contributed by atoms with Gasteiger partial charge < -0.3 is 5.11 Å². The molecule has 0 aliphatic rings. The minimum atomic E-state index is -3.65. The third-order valence-electron chi connectivity index (χ3n) is 8.78. The fourth-order valence-corrected chi connectivity index (χ4v) is 7.96. The van der Waals surface area contributed by atoms with Gasteiger partial charge in [-0.25, -0.2) is 8.42 Å². The minimum Gasteiger partial charge on any atom is -0.384 e. The van der Waals surface area contributed by atoms with Gasteiger partial charge in [-0.3, -0.25) is 0 Å². The number of allylic oxidation sites excluding steroid dienone is 13. The molecule has 0 aliphatic carbocycles. The van der Waals surface area contributed by atoms with Gasteiger partial charge in [0.05, 0.1) is 10.7 Å². The van der Waals surface area contributed by atoms with Crippen LogP contribution in [0.3, 0.4) is 0 Å². The van der Waals surface area contributed by atoms with Gasteiger partial charge in [0.1, 0.15) is 5.60 Å². The molecule has 0 amide bonds. The lowest BCUT2D eigenvalue weighted by Gasteiger charge is -2.31. The Morgan fingerprint density at radius 3 is 1.21 bits per heavy atom. The molecule has 0 saturated carbocycles. The zero-order chi connectivity index (χ0) is 36.8. The molecule has 0 rings (SSSR count). The lowest BCUT2D eigenvalue weighted by Crippen LogP contribution is -2.36. The average molecular weight is 683 g/mol. The van der Waals surface area contributed by atoms with Gasteiger partial charge in [0.25, 0.3) is 0 Å². The molecule has 0 heterocycles. The Morgan fingerprint density at radius 1 is 0.521 bits per heavy atom. The lowest BCUT2D eigenvalue weighted by molar-refractivity contribution is 0.0905. The van der Waals surface area contributed by atoms with E-state index in [9.17, 15) is 13.5 Å². The van der Waals surface area contributed by atoms with Crippen LogP contribution in [0.2, 0.25) is 0 Å². The van der Waals surface area contributed by atoms with Crippen molar-refractivity contribution in [1.29, 1.82) is 0 Å². The number of aliphatic hydroxyl groups is 1. The third-order valence-corrected chi connectivity index (χ3v) is 11.0. The summed E-state index contributed by atoms with van der Waals surface area (Å²) in [5, 5.41) is 12.5. The first-order valence-corrected chi connectivity index (χ1v) is 20.3. The van der Waals surface area contributed by atoms with Crippen molar-refractivity contribution in [3.63, 3.8) is 0 Å². The van der Waals surface area contributed by atoms with E-state index in [1.54, 1.807) is 0 Å². The molecule has 1 N–H and O–H groups in total. The molecule has 0 aliphatic heterocycles. The van der Waals surface area contributed by atoms with E-state index >= 15 is 0 Å². The number of hydrogen-bond donors (Lipinski definition) is 1. The smallest absolute Gasteiger partial charge is 0.177 e. The van der Waals surface area contributed by atoms with Crippen LogP contribution in [0.15, 0.2) is 92.0 Å². The molecule has 48 heavy (non-hydrogen) atoms. The van der Waals surface area contributed by atoms with Crippen LogP contribution in [0.5, 0.6) is 0 Å². The minimum absolute atomic E-state index is 0.0696. The van der Waals surface area contributed by atoms with Gasteiger partial charge in [-0.05, 0) is 160 Å². The second-order valence-corrected chi connectivity index (χ2v) is 17.0. The maximum atomic E-state index is 14.0. The molecule has 274 valence electrons. The maximum absolute atomic E-state index is 14.0. The van der Waals surface area contributed by atoms with Crippen LogP contribution in [0.25, 0.3) is 0 Å². The Hall–Kier alpha value is -2.17. The van der Waals surface area contributed by atoms with Crippen molar-refractivity contribution >= 4 is 9.84 Å². The van der Waals surface area contributed by atoms with E-state index in [1.165, 1.54) is 39.0 Å². The summed E-state index contributed by atoms with van der Waals surface area (Å²) in [6.45, 7) is 25.2. The molecule has 0 aromatic rings. The van der Waals surface area contributed by atoms with Crippen LogP contribution >= 0.6 is 0 Å². The van der Waals surface area contributed by atoms with E-state index in [1.807, 2.05) is 13.8 Å². The molecule has 3 nitrogen and oxygen atoms in total. The largest absolute Gasteiger partial charge is 0.384 e. The molecule has 0 fully saturated rings. The van der Waals surface area contributed by atoms with Crippen molar-refractivity contribution < 1.29 is 13.5 Å². The Labute approximate surface area is 298 Å². The van der Waals surface area contributed by atoms with E-state index in [4.69, 9.17) is 0 Å². The highest BCUT2D eigenvalue weighted by Gasteiger charge is 2.39. The maximum Gasteiger partial charge on any atom is 0.177 e. The highest BCUT2D eigenvalue weighted by Crippen LogP contribution is 2.36. The monoisotopic (exact) mass is 683 g/mol. The zero-order valence-corrected chi connectivity index (χ0v) is 34.1. The Kier molecular flexibility index (Phi) is 23.8. The van der Waals surface area contributed by atoms with Crippen molar-refractivity contribution in [2.24, 2.45) is 0 Å². The van der Waals surface area contributed by atoms with Crippen LogP contribution in [0.4, 0.5) is 0 Å². The molecule has 0 aromatic carbocycles. The first-order valence-electron chi connectivity index (χ1n) is 18.6. The summed E-state index contributed by atoms with van der Waals surface area (Å²) in [5.41, 5.74) is 8.39. The summed E-state index contributed by atoms with van der Waals surface area (Å²) >= 11 is 0. The topological polar surface area (TPSA) is 54.4 Å². The Morgan fingerprint density at radius 2 is 0.854 bits per heavy atom. The summed E-state index contributed by atoms with van der Waals surface area (Å²) in [5.74, 6) is 0.0696. The SMILES string of the molecule is CCCCS(=O)(=O)C(=C(C)CCC=C(C)C)C(O)(CC=C(C)CCC=C(C)CCC=C(C)C)CC=C(C)CCC=C(C)CCC=C(C)C. The van der Waals surface area contributed by atoms with Crippen molar-refractivity contribution in [1.82, 2.24) is 0 Å². The summed E-state index contributed by atoms with van der Waals surface area (Å²) in [6.07, 6.45) is 26.8. The first kappa shape index (κ1) is 45.8. The van der Waals surface area contributed by atoms with E-state index in [0.29, 0.717) is 12.8 Å². The summed E-state index contributed by atoms with van der Waals surface area (Å²) in [4.78, 5) is 0.253. The first-order chi connectivity index (χ1) is 22.4. The van der Waals surface area contributed by atoms with Gasteiger partial charge in [0.15, 0.2) is 9.84 Å². The Balaban J connectivity index is 6.37. The van der Waals surface area contributed by atoms with E-state index < -0.39 is 15.4 Å². The molecule has 0 spiro atoms. The van der Waals surface area contributed by atoms with Crippen molar-refractivity contribution in [3.8, 4) is 0 Å². The highest BCUT2D eigenvalue weighted by atomic mass is 32.2. The molecular weight excluding hydrogens is 609 g/mol. The van der Waals surface area contributed by atoms with Crippen LogP contribution in [-0.2, 0) is 9.84 Å². The molecule has 0 bridgehead atoms. The zero-order valence-electron chi connectivity index (χ0n) is 33.3. The van der Waals surface area contributed by atoms with Crippen LogP contribution < -0.4 is 0 Å². The van der Waals surface area contributed by atoms with Gasteiger partial charge in [0, 0.05) is 0 Å². The van der Waals surface area contributed by atoms with E-state index in [-0.39, 0.29) is 23.5 Å². The molecule has 0 atom stereocenters. The fraction of sp³-hybridized carbons (Fsp3) is 0.636. The number of rotatable bonds is 24. The summed E-state index contributed by atoms with van der Waals surface area (Å²) in [6, 6.07) is 0. The fourth-order valence-electron chi connectivity index (χ4n) is 5.71. The quantitative estimate of drug-likeness (QED) is 0.103. The predicted molar refractivity (Wildman–Crippen MR) is 215 cm³/mol. The molecule has 0 aromatic heterocycles. The van der Waals surface area contributed by atoms with Gasteiger partial charge >= 0.3 is 0 Å². The molecular formula is C44H74O3S. The average Bonchev–Trinajstić information content (AvgIpc) is 2.97. The number of sulfone groups is 1. The van der Waals surface area contributed by atoms with E-state index in [0.717, 1.165) is 69.8 Å². The van der Waals surface area contributed by atoms with Crippen molar-refractivity contribution in [2.45, 2.75) is 179 Å². The van der Waals surface area contributed by atoms with Crippen LogP contribution in [0.1, 0.15) is 173 Å². The summed E-state index contributed by atoms with van der Waals surface area (Å²) in [7, 11) is -3.65. The normalized spacial score (nSPS) is 15.1. The van der Waals surface area contributed by atoms with Gasteiger partial charge in [-0.15, -0.1) is 0 Å². The van der Waals surface area contributed by atoms with Crippen LogP contribution in [0, 0.1) is 0 Å². The molecule has 0 unspecified atom stereocenters.